The molecule has 0 unspecified atom stereocenters. The molecule has 0 N–H and O–H groups in total. The Kier molecular flexibility index (Phi) is 8.79. The van der Waals surface area contributed by atoms with E-state index in [1.807, 2.05) is 44.2 Å². The summed E-state index contributed by atoms with van der Waals surface area (Å²) in [5.74, 6) is 0. The number of hydrogen-bond acceptors (Lipinski definition) is 3. The molecule has 0 saturated carbocycles. The predicted octanol–water partition coefficient (Wildman–Crippen LogP) is 6.25. The SMILES string of the molecule is CCCC/C(=C(\I)P(=O)(OCC)OCC)c1ccccc1. The number of hydrogen-bond donors (Lipinski definition) is 0. The van der Waals surface area contributed by atoms with Gasteiger partial charge in [0.15, 0.2) is 0 Å². The second-order valence-corrected chi connectivity index (χ2v) is 8.46. The Hall–Kier alpha value is -0.160. The molecule has 0 aliphatic heterocycles. The standard InChI is InChI=1S/C16H24IO3P/c1-4-7-13-15(14-11-9-8-10-12-14)16(17)21(18,19-5-2)20-6-3/h8-12H,4-7,13H2,1-3H3/b16-15-. The third-order valence-corrected chi connectivity index (χ3v) is 7.36. The molecular weight excluding hydrogens is 398 g/mol. The highest BCUT2D eigenvalue weighted by molar-refractivity contribution is 14.1. The van der Waals surface area contributed by atoms with Crippen molar-refractivity contribution in [1.82, 2.24) is 0 Å². The molecule has 1 aromatic carbocycles. The van der Waals surface area contributed by atoms with Crippen LogP contribution < -0.4 is 0 Å². The summed E-state index contributed by atoms with van der Waals surface area (Å²) in [7, 11) is -3.21. The molecule has 1 aromatic rings. The van der Waals surface area contributed by atoms with E-state index >= 15 is 0 Å². The zero-order valence-corrected chi connectivity index (χ0v) is 16.0. The van der Waals surface area contributed by atoms with Gasteiger partial charge in [-0.1, -0.05) is 43.7 Å². The van der Waals surface area contributed by atoms with Gasteiger partial charge in [-0.05, 0) is 60.4 Å². The molecule has 0 aromatic heterocycles. The van der Waals surface area contributed by atoms with Gasteiger partial charge in [0.2, 0.25) is 0 Å². The Bertz CT molecular complexity index is 490. The van der Waals surface area contributed by atoms with E-state index in [4.69, 9.17) is 9.05 Å². The first kappa shape index (κ1) is 18.9. The normalized spacial score (nSPS) is 13.1. The fourth-order valence-electron chi connectivity index (χ4n) is 2.02. The summed E-state index contributed by atoms with van der Waals surface area (Å²) in [6.45, 7) is 6.58. The van der Waals surface area contributed by atoms with E-state index < -0.39 is 7.60 Å². The van der Waals surface area contributed by atoms with Crippen LogP contribution in [0.2, 0.25) is 0 Å². The van der Waals surface area contributed by atoms with Crippen LogP contribution in [0.4, 0.5) is 0 Å². The molecule has 1 rings (SSSR count). The maximum absolute atomic E-state index is 13.0. The first-order valence-corrected chi connectivity index (χ1v) is 10.0. The minimum absolute atomic E-state index is 0.375. The number of allylic oxidation sites excluding steroid dienone is 1. The average molecular weight is 422 g/mol. The van der Waals surface area contributed by atoms with Crippen molar-refractivity contribution in [1.29, 1.82) is 0 Å². The summed E-state index contributed by atoms with van der Waals surface area (Å²) in [4.78, 5) is 0. The summed E-state index contributed by atoms with van der Waals surface area (Å²) in [5, 5.41) is 0. The van der Waals surface area contributed by atoms with Crippen molar-refractivity contribution in [3.63, 3.8) is 0 Å². The zero-order valence-electron chi connectivity index (χ0n) is 13.0. The van der Waals surface area contributed by atoms with Gasteiger partial charge >= 0.3 is 7.60 Å². The molecule has 118 valence electrons. The fraction of sp³-hybridized carbons (Fsp3) is 0.500. The molecule has 0 bridgehead atoms. The van der Waals surface area contributed by atoms with E-state index in [1.54, 1.807) is 0 Å². The second-order valence-electron chi connectivity index (χ2n) is 4.57. The Balaban J connectivity index is 3.27. The lowest BCUT2D eigenvalue weighted by molar-refractivity contribution is 0.228. The molecule has 0 radical (unpaired) electrons. The first-order valence-electron chi connectivity index (χ1n) is 7.42. The smallest absolute Gasteiger partial charge is 0.305 e. The predicted molar refractivity (Wildman–Crippen MR) is 97.8 cm³/mol. The van der Waals surface area contributed by atoms with E-state index in [0.717, 1.165) is 30.4 Å². The van der Waals surface area contributed by atoms with Crippen molar-refractivity contribution in [3.8, 4) is 0 Å². The van der Waals surface area contributed by atoms with Gasteiger partial charge in [-0.2, -0.15) is 0 Å². The zero-order chi connectivity index (χ0) is 15.7. The Morgan fingerprint density at radius 3 is 2.14 bits per heavy atom. The van der Waals surface area contributed by atoms with E-state index in [-0.39, 0.29) is 0 Å². The van der Waals surface area contributed by atoms with Crippen LogP contribution in [-0.2, 0) is 13.6 Å². The third-order valence-electron chi connectivity index (χ3n) is 2.99. The summed E-state index contributed by atoms with van der Waals surface area (Å²) in [6.07, 6.45) is 3.02. The van der Waals surface area contributed by atoms with Crippen LogP contribution in [0.5, 0.6) is 0 Å². The lowest BCUT2D eigenvalue weighted by Crippen LogP contribution is -1.98. The van der Waals surface area contributed by atoms with Crippen LogP contribution in [-0.4, -0.2) is 13.2 Å². The summed E-state index contributed by atoms with van der Waals surface area (Å²) >= 11 is 2.14. The third kappa shape index (κ3) is 5.51. The van der Waals surface area contributed by atoms with Gasteiger partial charge in [0.1, 0.15) is 3.32 Å². The Labute approximate surface area is 141 Å². The number of benzene rings is 1. The van der Waals surface area contributed by atoms with Gasteiger partial charge in [0, 0.05) is 0 Å². The molecule has 0 atom stereocenters. The Morgan fingerprint density at radius 2 is 1.67 bits per heavy atom. The quantitative estimate of drug-likeness (QED) is 0.349. The van der Waals surface area contributed by atoms with Gasteiger partial charge in [-0.25, -0.2) is 0 Å². The summed E-state index contributed by atoms with van der Waals surface area (Å²) in [6, 6.07) is 10.1. The molecule has 0 spiro atoms. The average Bonchev–Trinajstić information content (AvgIpc) is 2.49. The molecule has 3 nitrogen and oxygen atoms in total. The number of halogens is 1. The van der Waals surface area contributed by atoms with Crippen LogP contribution in [0.1, 0.15) is 45.6 Å². The maximum atomic E-state index is 13.0. The van der Waals surface area contributed by atoms with Crippen molar-refractivity contribution in [2.24, 2.45) is 0 Å². The van der Waals surface area contributed by atoms with Crippen LogP contribution in [0.3, 0.4) is 0 Å². The molecule has 0 saturated heterocycles. The first-order chi connectivity index (χ1) is 10.1. The van der Waals surface area contributed by atoms with Gasteiger partial charge in [0.05, 0.1) is 13.2 Å². The number of unbranched alkanes of at least 4 members (excludes halogenated alkanes) is 1. The Morgan fingerprint density at radius 1 is 1.10 bits per heavy atom. The number of rotatable bonds is 9. The molecule has 0 aliphatic rings. The van der Waals surface area contributed by atoms with E-state index in [9.17, 15) is 4.57 Å². The molecule has 0 aliphatic carbocycles. The van der Waals surface area contributed by atoms with Crippen molar-refractivity contribution < 1.29 is 13.6 Å². The second kappa shape index (κ2) is 9.78. The van der Waals surface area contributed by atoms with Gasteiger partial charge in [-0.3, -0.25) is 4.57 Å². The van der Waals surface area contributed by atoms with E-state index in [2.05, 4.69) is 29.5 Å². The van der Waals surface area contributed by atoms with Crippen LogP contribution in [0.15, 0.2) is 33.7 Å². The molecular formula is C16H24IO3P. The minimum Gasteiger partial charge on any atom is -0.305 e. The highest BCUT2D eigenvalue weighted by Crippen LogP contribution is 2.61. The van der Waals surface area contributed by atoms with Crippen LogP contribution >= 0.6 is 30.2 Å². The van der Waals surface area contributed by atoms with Gasteiger partial charge in [0.25, 0.3) is 0 Å². The highest BCUT2D eigenvalue weighted by Gasteiger charge is 2.30. The van der Waals surface area contributed by atoms with Crippen LogP contribution in [0.25, 0.3) is 5.57 Å². The van der Waals surface area contributed by atoms with Gasteiger partial charge in [-0.15, -0.1) is 0 Å². The highest BCUT2D eigenvalue weighted by atomic mass is 127. The van der Waals surface area contributed by atoms with Crippen molar-refractivity contribution in [2.45, 2.75) is 40.0 Å². The lowest BCUT2D eigenvalue weighted by Gasteiger charge is -2.20. The molecule has 21 heavy (non-hydrogen) atoms. The van der Waals surface area contributed by atoms with Crippen LogP contribution in [0, 0.1) is 0 Å². The topological polar surface area (TPSA) is 35.5 Å². The van der Waals surface area contributed by atoms with Gasteiger partial charge < -0.3 is 9.05 Å². The monoisotopic (exact) mass is 422 g/mol. The van der Waals surface area contributed by atoms with Crippen molar-refractivity contribution >= 4 is 35.8 Å². The maximum Gasteiger partial charge on any atom is 0.367 e. The molecule has 0 amide bonds. The molecule has 0 heterocycles. The minimum atomic E-state index is -3.21. The van der Waals surface area contributed by atoms with E-state index in [0.29, 0.717) is 16.5 Å². The fourth-order valence-corrected chi connectivity index (χ4v) is 4.98. The lowest BCUT2D eigenvalue weighted by atomic mass is 10.0. The largest absolute Gasteiger partial charge is 0.367 e. The molecule has 5 heteroatoms. The van der Waals surface area contributed by atoms with Crippen molar-refractivity contribution in [3.05, 3.63) is 39.2 Å². The molecule has 0 fully saturated rings. The summed E-state index contributed by atoms with van der Waals surface area (Å²) in [5.41, 5.74) is 2.17. The van der Waals surface area contributed by atoms with E-state index in [1.165, 1.54) is 0 Å². The summed E-state index contributed by atoms with van der Waals surface area (Å²) < 4.78 is 24.7. The van der Waals surface area contributed by atoms with Crippen molar-refractivity contribution in [2.75, 3.05) is 13.2 Å².